The summed E-state index contributed by atoms with van der Waals surface area (Å²) in [6, 6.07) is 14.1. The highest BCUT2D eigenvalue weighted by Gasteiger charge is 2.10. The van der Waals surface area contributed by atoms with E-state index in [2.05, 4.69) is 36.0 Å². The molecule has 0 saturated heterocycles. The van der Waals surface area contributed by atoms with Gasteiger partial charge in [0.15, 0.2) is 4.34 Å². The van der Waals surface area contributed by atoms with E-state index >= 15 is 0 Å². The number of benzene rings is 2. The van der Waals surface area contributed by atoms with Gasteiger partial charge in [0.1, 0.15) is 0 Å². The minimum Gasteiger partial charge on any atom is -0.369 e. The molecule has 7 heteroatoms. The van der Waals surface area contributed by atoms with E-state index in [0.29, 0.717) is 16.8 Å². The quantitative estimate of drug-likeness (QED) is 0.483. The van der Waals surface area contributed by atoms with Crippen molar-refractivity contribution in [3.63, 3.8) is 0 Å². The smallest absolute Gasteiger partial charge is 0.234 e. The van der Waals surface area contributed by atoms with E-state index in [9.17, 15) is 4.79 Å². The van der Waals surface area contributed by atoms with Crippen molar-refractivity contribution in [2.24, 2.45) is 0 Å². The third-order valence-corrected chi connectivity index (χ3v) is 6.52. The van der Waals surface area contributed by atoms with E-state index in [4.69, 9.17) is 11.6 Å². The van der Waals surface area contributed by atoms with Crippen LogP contribution in [0.25, 0.3) is 10.2 Å². The van der Waals surface area contributed by atoms with Gasteiger partial charge in [-0.1, -0.05) is 23.4 Å². The van der Waals surface area contributed by atoms with Gasteiger partial charge in [-0.25, -0.2) is 4.98 Å². The average molecular weight is 420 g/mol. The van der Waals surface area contributed by atoms with Gasteiger partial charge >= 0.3 is 0 Å². The number of aromatic nitrogens is 1. The fourth-order valence-electron chi connectivity index (χ4n) is 2.85. The molecule has 3 rings (SSSR count). The van der Waals surface area contributed by atoms with E-state index in [1.165, 1.54) is 11.8 Å². The van der Waals surface area contributed by atoms with Crippen molar-refractivity contribution in [2.75, 3.05) is 22.5 Å². The van der Waals surface area contributed by atoms with Gasteiger partial charge in [-0.15, -0.1) is 11.3 Å². The maximum atomic E-state index is 12.3. The van der Waals surface area contributed by atoms with Crippen molar-refractivity contribution in [3.05, 3.63) is 47.5 Å². The molecule has 0 radical (unpaired) electrons. The number of rotatable bonds is 7. The van der Waals surface area contributed by atoms with Crippen LogP contribution in [0, 0.1) is 0 Å². The molecule has 1 amide bonds. The van der Waals surface area contributed by atoms with Crippen LogP contribution in [-0.4, -0.2) is 29.2 Å². The molecule has 0 aliphatic heterocycles. The molecule has 0 atom stereocenters. The van der Waals surface area contributed by atoms with Crippen molar-refractivity contribution in [3.8, 4) is 0 Å². The summed E-state index contributed by atoms with van der Waals surface area (Å²) in [7, 11) is 0. The fourth-order valence-corrected chi connectivity index (χ4v) is 4.86. The van der Waals surface area contributed by atoms with Crippen molar-refractivity contribution in [1.29, 1.82) is 0 Å². The van der Waals surface area contributed by atoms with Crippen LogP contribution < -0.4 is 10.2 Å². The van der Waals surface area contributed by atoms with Crippen LogP contribution in [0.15, 0.2) is 46.8 Å². The summed E-state index contributed by atoms with van der Waals surface area (Å²) < 4.78 is 1.94. The number of amides is 1. The lowest BCUT2D eigenvalue weighted by atomic mass is 10.2. The lowest BCUT2D eigenvalue weighted by Gasteiger charge is -2.27. The molecule has 3 aromatic rings. The van der Waals surface area contributed by atoms with Crippen molar-refractivity contribution in [1.82, 2.24) is 4.98 Å². The van der Waals surface area contributed by atoms with Gasteiger partial charge < -0.3 is 10.2 Å². The fraction of sp³-hybridized carbons (Fsp3) is 0.300. The van der Waals surface area contributed by atoms with Crippen molar-refractivity contribution < 1.29 is 4.79 Å². The van der Waals surface area contributed by atoms with E-state index in [-0.39, 0.29) is 5.91 Å². The highest BCUT2D eigenvalue weighted by Crippen LogP contribution is 2.31. The van der Waals surface area contributed by atoms with Gasteiger partial charge in [-0.2, -0.15) is 0 Å². The van der Waals surface area contributed by atoms with Gasteiger partial charge in [0, 0.05) is 29.0 Å². The summed E-state index contributed by atoms with van der Waals surface area (Å²) >= 11 is 9.00. The maximum absolute atomic E-state index is 12.3. The molecule has 0 bridgehead atoms. The Hall–Kier alpha value is -1.76. The zero-order valence-electron chi connectivity index (χ0n) is 15.5. The number of hydrogen-bond donors (Lipinski definition) is 1. The number of hydrogen-bond acceptors (Lipinski definition) is 5. The Morgan fingerprint density at radius 2 is 2.00 bits per heavy atom. The monoisotopic (exact) mass is 419 g/mol. The molecule has 2 aromatic carbocycles. The summed E-state index contributed by atoms with van der Waals surface area (Å²) in [4.78, 5) is 19.1. The molecule has 1 N–H and O–H groups in total. The lowest BCUT2D eigenvalue weighted by Crippen LogP contribution is -2.30. The number of carbonyl (C=O) groups excluding carboxylic acids is 1. The summed E-state index contributed by atoms with van der Waals surface area (Å²) in [5.41, 5.74) is 2.84. The minimum atomic E-state index is -0.0405. The van der Waals surface area contributed by atoms with E-state index < -0.39 is 0 Å². The van der Waals surface area contributed by atoms with E-state index in [1.54, 1.807) is 11.3 Å². The van der Waals surface area contributed by atoms with Crippen molar-refractivity contribution >= 4 is 62.2 Å². The van der Waals surface area contributed by atoms with Gasteiger partial charge in [-0.3, -0.25) is 4.79 Å². The predicted octanol–water partition coefficient (Wildman–Crippen LogP) is 5.92. The highest BCUT2D eigenvalue weighted by molar-refractivity contribution is 8.01. The van der Waals surface area contributed by atoms with E-state index in [0.717, 1.165) is 32.5 Å². The molecule has 4 nitrogen and oxygen atoms in total. The first-order valence-corrected chi connectivity index (χ1v) is 11.0. The largest absolute Gasteiger partial charge is 0.369 e. The molecule has 0 unspecified atom stereocenters. The molecule has 142 valence electrons. The summed E-state index contributed by atoms with van der Waals surface area (Å²) in [5.74, 6) is 0.281. The van der Waals surface area contributed by atoms with Crippen LogP contribution in [0.1, 0.15) is 20.8 Å². The van der Waals surface area contributed by atoms with Crippen LogP contribution in [0.2, 0.25) is 5.02 Å². The molecular formula is C20H22ClN3OS2. The standard InChI is InChI=1S/C20H22ClN3OS2/c1-4-24(13(2)3)16-8-6-15(7-9-16)22-19(25)12-26-20-23-17-11-14(21)5-10-18(17)27-20/h5-11,13H,4,12H2,1-3H3,(H,22,25). The van der Waals surface area contributed by atoms with Crippen LogP contribution in [0.5, 0.6) is 0 Å². The van der Waals surface area contributed by atoms with Crippen LogP contribution >= 0.6 is 34.7 Å². The Labute approximate surface area is 172 Å². The zero-order chi connectivity index (χ0) is 19.4. The van der Waals surface area contributed by atoms with Gasteiger partial charge in [0.2, 0.25) is 5.91 Å². The molecule has 1 aromatic heterocycles. The van der Waals surface area contributed by atoms with Gasteiger partial charge in [0.05, 0.1) is 16.0 Å². The predicted molar refractivity (Wildman–Crippen MR) is 119 cm³/mol. The molecule has 0 spiro atoms. The first kappa shape index (κ1) is 20.0. The third kappa shape index (κ3) is 5.15. The first-order chi connectivity index (χ1) is 13.0. The van der Waals surface area contributed by atoms with Crippen molar-refractivity contribution in [2.45, 2.75) is 31.2 Å². The summed E-state index contributed by atoms with van der Waals surface area (Å²) in [6.45, 7) is 7.44. The van der Waals surface area contributed by atoms with Crippen LogP contribution in [-0.2, 0) is 4.79 Å². The van der Waals surface area contributed by atoms with Gasteiger partial charge in [-0.05, 0) is 63.2 Å². The molecule has 0 fully saturated rings. The van der Waals surface area contributed by atoms with Crippen LogP contribution in [0.4, 0.5) is 11.4 Å². The molecule has 0 aliphatic rings. The topological polar surface area (TPSA) is 45.2 Å². The minimum absolute atomic E-state index is 0.0405. The molecule has 1 heterocycles. The second-order valence-electron chi connectivity index (χ2n) is 6.36. The molecule has 0 saturated carbocycles. The number of halogens is 1. The Morgan fingerprint density at radius 1 is 1.26 bits per heavy atom. The number of anilines is 2. The Bertz CT molecular complexity index is 925. The van der Waals surface area contributed by atoms with Crippen LogP contribution in [0.3, 0.4) is 0 Å². The number of fused-ring (bicyclic) bond motifs is 1. The average Bonchev–Trinajstić information content (AvgIpc) is 3.04. The van der Waals surface area contributed by atoms with E-state index in [1.807, 2.05) is 42.5 Å². The number of nitrogens with one attached hydrogen (secondary N) is 1. The Balaban J connectivity index is 1.57. The number of nitrogens with zero attached hydrogens (tertiary/aromatic N) is 2. The molecule has 27 heavy (non-hydrogen) atoms. The third-order valence-electron chi connectivity index (χ3n) is 4.10. The SMILES string of the molecule is CCN(c1ccc(NC(=O)CSc2nc3cc(Cl)ccc3s2)cc1)C(C)C. The number of thiazole rings is 1. The second-order valence-corrected chi connectivity index (χ2v) is 9.04. The zero-order valence-corrected chi connectivity index (χ0v) is 17.9. The number of thioether (sulfide) groups is 1. The second kappa shape index (κ2) is 8.95. The molecule has 0 aliphatic carbocycles. The lowest BCUT2D eigenvalue weighted by molar-refractivity contribution is -0.113. The highest BCUT2D eigenvalue weighted by atomic mass is 35.5. The summed E-state index contributed by atoms with van der Waals surface area (Å²) in [6.07, 6.45) is 0. The normalized spacial score (nSPS) is 11.1. The molecular weight excluding hydrogens is 398 g/mol. The first-order valence-electron chi connectivity index (χ1n) is 8.81. The number of carbonyl (C=O) groups is 1. The van der Waals surface area contributed by atoms with Gasteiger partial charge in [0.25, 0.3) is 0 Å². The Morgan fingerprint density at radius 3 is 2.67 bits per heavy atom. The maximum Gasteiger partial charge on any atom is 0.234 e. The Kier molecular flexibility index (Phi) is 6.63. The summed E-state index contributed by atoms with van der Waals surface area (Å²) in [5, 5.41) is 3.62.